The average molecular weight is 460 g/mol. The number of aryl methyl sites for hydroxylation is 1. The van der Waals surface area contributed by atoms with Gasteiger partial charge in [0.25, 0.3) is 10.0 Å². The summed E-state index contributed by atoms with van der Waals surface area (Å²) in [6, 6.07) is 10.5. The van der Waals surface area contributed by atoms with E-state index in [1.54, 1.807) is 12.1 Å². The molecule has 1 saturated heterocycles. The lowest BCUT2D eigenvalue weighted by Crippen LogP contribution is -2.30. The van der Waals surface area contributed by atoms with Gasteiger partial charge < -0.3 is 10.2 Å². The quantitative estimate of drug-likeness (QED) is 0.560. The molecule has 0 saturated carbocycles. The Hall–Kier alpha value is -3.27. The zero-order valence-corrected chi connectivity index (χ0v) is 18.3. The number of anilines is 4. The first-order valence-corrected chi connectivity index (χ1v) is 11.7. The molecule has 0 unspecified atom stereocenters. The standard InChI is InChI=1S/C22H23F2N5O2S/c1-15-13-21(29-11-3-2-4-12-29)27-22(25-15)26-17-6-8-18(9-7-17)28-32(30,31)20-14-16(23)5-10-19(20)24/h5-10,13-14,28H,2-4,11-12H2,1H3,(H,25,26,27). The lowest BCUT2D eigenvalue weighted by molar-refractivity contribution is 0.555. The van der Waals surface area contributed by atoms with E-state index in [-0.39, 0.29) is 5.69 Å². The van der Waals surface area contributed by atoms with Gasteiger partial charge in [0.15, 0.2) is 0 Å². The minimum Gasteiger partial charge on any atom is -0.356 e. The Labute approximate surface area is 185 Å². The van der Waals surface area contributed by atoms with Crippen LogP contribution in [0.5, 0.6) is 0 Å². The van der Waals surface area contributed by atoms with Crippen molar-refractivity contribution in [2.24, 2.45) is 0 Å². The van der Waals surface area contributed by atoms with Crippen LogP contribution in [0.3, 0.4) is 0 Å². The topological polar surface area (TPSA) is 87.2 Å². The van der Waals surface area contributed by atoms with Crippen molar-refractivity contribution in [3.05, 3.63) is 65.9 Å². The molecule has 1 aliphatic heterocycles. The number of piperidine rings is 1. The highest BCUT2D eigenvalue weighted by atomic mass is 32.2. The van der Waals surface area contributed by atoms with Gasteiger partial charge in [0.2, 0.25) is 5.95 Å². The molecule has 3 aromatic rings. The summed E-state index contributed by atoms with van der Waals surface area (Å²) in [6.45, 7) is 3.84. The first kappa shape index (κ1) is 21.9. The minimum atomic E-state index is -4.28. The summed E-state index contributed by atoms with van der Waals surface area (Å²) in [5.74, 6) is -0.548. The maximum atomic E-state index is 13.9. The molecule has 2 N–H and O–H groups in total. The third kappa shape index (κ3) is 5.13. The fourth-order valence-electron chi connectivity index (χ4n) is 3.54. The lowest BCUT2D eigenvalue weighted by atomic mass is 10.1. The lowest BCUT2D eigenvalue weighted by Gasteiger charge is -2.28. The van der Waals surface area contributed by atoms with Crippen molar-refractivity contribution in [3.8, 4) is 0 Å². The van der Waals surface area contributed by atoms with Crippen LogP contribution < -0.4 is 14.9 Å². The van der Waals surface area contributed by atoms with Crippen LogP contribution >= 0.6 is 0 Å². The molecule has 0 aliphatic carbocycles. The highest BCUT2D eigenvalue weighted by molar-refractivity contribution is 7.92. The first-order valence-electron chi connectivity index (χ1n) is 10.3. The molecule has 7 nitrogen and oxygen atoms in total. The van der Waals surface area contributed by atoms with Gasteiger partial charge >= 0.3 is 0 Å². The molecular formula is C22H23F2N5O2S. The van der Waals surface area contributed by atoms with Gasteiger partial charge in [-0.3, -0.25) is 4.72 Å². The molecule has 4 rings (SSSR count). The molecule has 1 fully saturated rings. The molecule has 1 aliphatic rings. The van der Waals surface area contributed by atoms with E-state index < -0.39 is 26.6 Å². The van der Waals surface area contributed by atoms with Crippen LogP contribution in [-0.2, 0) is 10.0 Å². The van der Waals surface area contributed by atoms with Gasteiger partial charge in [-0.1, -0.05) is 0 Å². The van der Waals surface area contributed by atoms with Crippen LogP contribution in [0.1, 0.15) is 25.0 Å². The highest BCUT2D eigenvalue weighted by Crippen LogP contribution is 2.24. The van der Waals surface area contributed by atoms with E-state index in [1.807, 2.05) is 13.0 Å². The Morgan fingerprint density at radius 2 is 1.59 bits per heavy atom. The molecule has 0 atom stereocenters. The maximum absolute atomic E-state index is 13.9. The SMILES string of the molecule is Cc1cc(N2CCCCC2)nc(Nc2ccc(NS(=O)(=O)c3cc(F)ccc3F)cc2)n1. The van der Waals surface area contributed by atoms with Gasteiger partial charge in [-0.15, -0.1) is 0 Å². The van der Waals surface area contributed by atoms with E-state index in [9.17, 15) is 17.2 Å². The van der Waals surface area contributed by atoms with Gasteiger partial charge in [-0.25, -0.2) is 22.2 Å². The largest absolute Gasteiger partial charge is 0.356 e. The average Bonchev–Trinajstić information content (AvgIpc) is 2.77. The number of nitrogens with zero attached hydrogens (tertiary/aromatic N) is 3. The number of rotatable bonds is 6. The van der Waals surface area contributed by atoms with Crippen LogP contribution in [-0.4, -0.2) is 31.5 Å². The highest BCUT2D eigenvalue weighted by Gasteiger charge is 2.20. The molecule has 32 heavy (non-hydrogen) atoms. The molecule has 0 radical (unpaired) electrons. The van der Waals surface area contributed by atoms with E-state index in [0.717, 1.165) is 49.6 Å². The van der Waals surface area contributed by atoms with Gasteiger partial charge in [-0.05, 0) is 68.7 Å². The summed E-state index contributed by atoms with van der Waals surface area (Å²) in [4.78, 5) is 10.5. The molecular weight excluding hydrogens is 436 g/mol. The van der Waals surface area contributed by atoms with Crippen molar-refractivity contribution in [1.29, 1.82) is 0 Å². The molecule has 168 valence electrons. The summed E-state index contributed by atoms with van der Waals surface area (Å²) in [5, 5.41) is 3.13. The van der Waals surface area contributed by atoms with Crippen molar-refractivity contribution < 1.29 is 17.2 Å². The maximum Gasteiger partial charge on any atom is 0.264 e. The summed E-state index contributed by atoms with van der Waals surface area (Å²) >= 11 is 0. The molecule has 0 bridgehead atoms. The summed E-state index contributed by atoms with van der Waals surface area (Å²) in [6.07, 6.45) is 3.51. The third-order valence-corrected chi connectivity index (χ3v) is 6.49. The predicted molar refractivity (Wildman–Crippen MR) is 120 cm³/mol. The van der Waals surface area contributed by atoms with Gasteiger partial charge in [-0.2, -0.15) is 4.98 Å². The second-order valence-corrected chi connectivity index (χ2v) is 9.27. The van der Waals surface area contributed by atoms with Gasteiger partial charge in [0, 0.05) is 36.2 Å². The van der Waals surface area contributed by atoms with Crippen LogP contribution in [0, 0.1) is 18.6 Å². The molecule has 0 spiro atoms. The number of halogens is 2. The van der Waals surface area contributed by atoms with Crippen molar-refractivity contribution in [1.82, 2.24) is 9.97 Å². The second kappa shape index (κ2) is 9.07. The van der Waals surface area contributed by atoms with E-state index in [1.165, 1.54) is 18.6 Å². The molecule has 2 heterocycles. The minimum absolute atomic E-state index is 0.207. The Morgan fingerprint density at radius 1 is 0.906 bits per heavy atom. The van der Waals surface area contributed by atoms with Gasteiger partial charge in [0.1, 0.15) is 22.3 Å². The number of sulfonamides is 1. The zero-order chi connectivity index (χ0) is 22.7. The van der Waals surface area contributed by atoms with Crippen molar-refractivity contribution in [3.63, 3.8) is 0 Å². The number of aromatic nitrogens is 2. The molecule has 2 aromatic carbocycles. The van der Waals surface area contributed by atoms with Crippen molar-refractivity contribution in [2.45, 2.75) is 31.1 Å². The van der Waals surface area contributed by atoms with Crippen LogP contribution in [0.25, 0.3) is 0 Å². The Kier molecular flexibility index (Phi) is 6.22. The number of benzene rings is 2. The molecule has 1 aromatic heterocycles. The number of hydrogen-bond donors (Lipinski definition) is 2. The van der Waals surface area contributed by atoms with E-state index in [2.05, 4.69) is 24.9 Å². The second-order valence-electron chi connectivity index (χ2n) is 7.62. The zero-order valence-electron chi connectivity index (χ0n) is 17.5. The third-order valence-electron chi connectivity index (χ3n) is 5.10. The Morgan fingerprint density at radius 3 is 2.31 bits per heavy atom. The fourth-order valence-corrected chi connectivity index (χ4v) is 4.69. The number of nitrogens with one attached hydrogen (secondary N) is 2. The smallest absolute Gasteiger partial charge is 0.264 e. The first-order chi connectivity index (χ1) is 15.3. The van der Waals surface area contributed by atoms with E-state index in [0.29, 0.717) is 17.7 Å². The van der Waals surface area contributed by atoms with E-state index in [4.69, 9.17) is 0 Å². The van der Waals surface area contributed by atoms with Crippen molar-refractivity contribution >= 4 is 33.2 Å². The fraction of sp³-hybridized carbons (Fsp3) is 0.273. The predicted octanol–water partition coefficient (Wildman–Crippen LogP) is 4.60. The van der Waals surface area contributed by atoms with Gasteiger partial charge in [0.05, 0.1) is 0 Å². The molecule has 10 heteroatoms. The van der Waals surface area contributed by atoms with Crippen LogP contribution in [0.2, 0.25) is 0 Å². The van der Waals surface area contributed by atoms with E-state index >= 15 is 0 Å². The summed E-state index contributed by atoms with van der Waals surface area (Å²) in [7, 11) is -4.28. The van der Waals surface area contributed by atoms with Crippen LogP contribution in [0.4, 0.5) is 31.9 Å². The molecule has 0 amide bonds. The van der Waals surface area contributed by atoms with Crippen LogP contribution in [0.15, 0.2) is 53.4 Å². The van der Waals surface area contributed by atoms with Crippen molar-refractivity contribution in [2.75, 3.05) is 28.0 Å². The normalized spacial score (nSPS) is 14.3. The Bertz CT molecular complexity index is 1210. The Balaban J connectivity index is 1.48. The summed E-state index contributed by atoms with van der Waals surface area (Å²) in [5.41, 5.74) is 1.70. The number of hydrogen-bond acceptors (Lipinski definition) is 6. The monoisotopic (exact) mass is 459 g/mol. The summed E-state index contributed by atoms with van der Waals surface area (Å²) < 4.78 is 54.3.